The summed E-state index contributed by atoms with van der Waals surface area (Å²) in [5.41, 5.74) is 1.86. The predicted octanol–water partition coefficient (Wildman–Crippen LogP) is 2.91. The third kappa shape index (κ3) is 4.75. The Kier molecular flexibility index (Phi) is 6.40. The first-order valence-corrected chi connectivity index (χ1v) is 7.69. The molecule has 0 spiro atoms. The average molecular weight is 279 g/mol. The number of aromatic nitrogens is 2. The molecule has 0 aliphatic heterocycles. The molecule has 0 saturated carbocycles. The van der Waals surface area contributed by atoms with Gasteiger partial charge in [-0.05, 0) is 31.2 Å². The van der Waals surface area contributed by atoms with Gasteiger partial charge in [-0.3, -0.25) is 4.79 Å². The lowest BCUT2D eigenvalue weighted by Crippen LogP contribution is -2.33. The maximum Gasteiger partial charge on any atom is 0.271 e. The van der Waals surface area contributed by atoms with Crippen LogP contribution in [0.1, 0.15) is 65.1 Å². The van der Waals surface area contributed by atoms with Crippen LogP contribution in [0.3, 0.4) is 0 Å². The Balaban J connectivity index is 3.08. The van der Waals surface area contributed by atoms with E-state index in [1.54, 1.807) is 4.68 Å². The van der Waals surface area contributed by atoms with Crippen LogP contribution in [0.5, 0.6) is 0 Å². The standard InChI is InChI=1S/C16H29N3O/c1-7-13(6)17-9-14-8-15(12(4)5)18-19(16(14)20)10-11(2)3/h8,11-13,17H,7,9-10H2,1-6H3. The van der Waals surface area contributed by atoms with E-state index in [1.165, 1.54) is 0 Å². The van der Waals surface area contributed by atoms with E-state index in [2.05, 4.69) is 52.0 Å². The molecular formula is C16H29N3O. The second kappa shape index (κ2) is 7.58. The molecule has 1 heterocycles. The predicted molar refractivity (Wildman–Crippen MR) is 84.0 cm³/mol. The highest BCUT2D eigenvalue weighted by Crippen LogP contribution is 2.11. The minimum Gasteiger partial charge on any atom is -0.310 e. The summed E-state index contributed by atoms with van der Waals surface area (Å²) in [6, 6.07) is 2.38. The number of hydrogen-bond donors (Lipinski definition) is 1. The zero-order valence-electron chi connectivity index (χ0n) is 13.7. The first kappa shape index (κ1) is 16.9. The number of hydrogen-bond acceptors (Lipinski definition) is 3. The molecule has 0 amide bonds. The Morgan fingerprint density at radius 3 is 2.40 bits per heavy atom. The fraction of sp³-hybridized carbons (Fsp3) is 0.750. The molecule has 0 saturated heterocycles. The zero-order chi connectivity index (χ0) is 15.3. The van der Waals surface area contributed by atoms with Gasteiger partial charge in [-0.25, -0.2) is 4.68 Å². The fourth-order valence-electron chi connectivity index (χ4n) is 1.93. The molecule has 1 aromatic heterocycles. The van der Waals surface area contributed by atoms with Crippen molar-refractivity contribution in [1.82, 2.24) is 15.1 Å². The quantitative estimate of drug-likeness (QED) is 0.835. The monoisotopic (exact) mass is 279 g/mol. The van der Waals surface area contributed by atoms with Gasteiger partial charge in [0.05, 0.1) is 5.69 Å². The van der Waals surface area contributed by atoms with Gasteiger partial charge >= 0.3 is 0 Å². The van der Waals surface area contributed by atoms with E-state index in [4.69, 9.17) is 0 Å². The summed E-state index contributed by atoms with van der Waals surface area (Å²) in [4.78, 5) is 12.4. The second-order valence-electron chi connectivity index (χ2n) is 6.32. The maximum atomic E-state index is 12.4. The molecule has 0 bridgehead atoms. The normalized spacial score (nSPS) is 13.2. The van der Waals surface area contributed by atoms with Gasteiger partial charge in [-0.15, -0.1) is 0 Å². The minimum atomic E-state index is 0.0407. The molecule has 0 aliphatic carbocycles. The van der Waals surface area contributed by atoms with Crippen LogP contribution in [0.2, 0.25) is 0 Å². The van der Waals surface area contributed by atoms with Gasteiger partial charge in [0.1, 0.15) is 0 Å². The minimum absolute atomic E-state index is 0.0407. The number of rotatable bonds is 7. The first-order valence-electron chi connectivity index (χ1n) is 7.69. The average Bonchev–Trinajstić information content (AvgIpc) is 2.38. The molecule has 1 atom stereocenters. The molecule has 20 heavy (non-hydrogen) atoms. The van der Waals surface area contributed by atoms with Crippen LogP contribution >= 0.6 is 0 Å². The molecular weight excluding hydrogens is 250 g/mol. The zero-order valence-corrected chi connectivity index (χ0v) is 13.7. The Hall–Kier alpha value is -1.16. The summed E-state index contributed by atoms with van der Waals surface area (Å²) < 4.78 is 1.63. The van der Waals surface area contributed by atoms with Gasteiger partial charge in [0, 0.05) is 24.7 Å². The van der Waals surface area contributed by atoms with Crippen molar-refractivity contribution < 1.29 is 0 Å². The molecule has 4 nitrogen and oxygen atoms in total. The van der Waals surface area contributed by atoms with Crippen LogP contribution in [0.15, 0.2) is 10.9 Å². The van der Waals surface area contributed by atoms with Crippen LogP contribution in [0.25, 0.3) is 0 Å². The molecule has 114 valence electrons. The van der Waals surface area contributed by atoms with Crippen molar-refractivity contribution in [2.45, 2.75) is 73.0 Å². The Morgan fingerprint density at radius 1 is 1.25 bits per heavy atom. The van der Waals surface area contributed by atoms with Crippen LogP contribution in [-0.4, -0.2) is 15.8 Å². The third-order valence-corrected chi connectivity index (χ3v) is 3.45. The van der Waals surface area contributed by atoms with Gasteiger partial charge in [-0.2, -0.15) is 5.10 Å². The van der Waals surface area contributed by atoms with Gasteiger partial charge < -0.3 is 5.32 Å². The Morgan fingerprint density at radius 2 is 1.90 bits per heavy atom. The first-order chi connectivity index (χ1) is 9.35. The topological polar surface area (TPSA) is 46.9 Å². The van der Waals surface area contributed by atoms with Crippen molar-refractivity contribution >= 4 is 0 Å². The summed E-state index contributed by atoms with van der Waals surface area (Å²) >= 11 is 0. The van der Waals surface area contributed by atoms with Crippen molar-refractivity contribution in [1.29, 1.82) is 0 Å². The van der Waals surface area contributed by atoms with E-state index in [0.29, 0.717) is 31.0 Å². The number of nitrogens with one attached hydrogen (secondary N) is 1. The maximum absolute atomic E-state index is 12.4. The SMILES string of the molecule is CCC(C)NCc1cc(C(C)C)nn(CC(C)C)c1=O. The number of nitrogens with zero attached hydrogens (tertiary/aromatic N) is 2. The summed E-state index contributed by atoms with van der Waals surface area (Å²) in [6.07, 6.45) is 1.06. The van der Waals surface area contributed by atoms with E-state index < -0.39 is 0 Å². The third-order valence-electron chi connectivity index (χ3n) is 3.45. The van der Waals surface area contributed by atoms with Gasteiger partial charge in [-0.1, -0.05) is 34.6 Å². The van der Waals surface area contributed by atoms with E-state index in [0.717, 1.165) is 17.7 Å². The Labute approximate surface area is 122 Å². The van der Waals surface area contributed by atoms with Crippen molar-refractivity contribution in [2.24, 2.45) is 5.92 Å². The van der Waals surface area contributed by atoms with E-state index in [-0.39, 0.29) is 5.56 Å². The molecule has 1 N–H and O–H groups in total. The highest BCUT2D eigenvalue weighted by Gasteiger charge is 2.12. The molecule has 0 aromatic carbocycles. The van der Waals surface area contributed by atoms with Crippen LogP contribution < -0.4 is 10.9 Å². The fourth-order valence-corrected chi connectivity index (χ4v) is 1.93. The highest BCUT2D eigenvalue weighted by molar-refractivity contribution is 5.16. The smallest absolute Gasteiger partial charge is 0.271 e. The molecule has 1 rings (SSSR count). The lowest BCUT2D eigenvalue weighted by atomic mass is 10.1. The van der Waals surface area contributed by atoms with Crippen LogP contribution in [0.4, 0.5) is 0 Å². The molecule has 4 heteroatoms. The molecule has 1 unspecified atom stereocenters. The van der Waals surface area contributed by atoms with E-state index >= 15 is 0 Å². The van der Waals surface area contributed by atoms with E-state index in [9.17, 15) is 4.79 Å². The highest BCUT2D eigenvalue weighted by atomic mass is 16.1. The summed E-state index contributed by atoms with van der Waals surface area (Å²) in [6.45, 7) is 14.0. The largest absolute Gasteiger partial charge is 0.310 e. The molecule has 0 radical (unpaired) electrons. The van der Waals surface area contributed by atoms with Crippen molar-refractivity contribution in [3.8, 4) is 0 Å². The van der Waals surface area contributed by atoms with Crippen molar-refractivity contribution in [2.75, 3.05) is 0 Å². The molecule has 0 aliphatic rings. The second-order valence-corrected chi connectivity index (χ2v) is 6.32. The van der Waals surface area contributed by atoms with Crippen LogP contribution in [-0.2, 0) is 13.1 Å². The van der Waals surface area contributed by atoms with Gasteiger partial charge in [0.25, 0.3) is 5.56 Å². The van der Waals surface area contributed by atoms with Crippen LogP contribution in [0, 0.1) is 5.92 Å². The van der Waals surface area contributed by atoms with Gasteiger partial charge in [0.2, 0.25) is 0 Å². The van der Waals surface area contributed by atoms with Crippen molar-refractivity contribution in [3.63, 3.8) is 0 Å². The van der Waals surface area contributed by atoms with Crippen molar-refractivity contribution in [3.05, 3.63) is 27.7 Å². The lowest BCUT2D eigenvalue weighted by molar-refractivity contribution is 0.447. The lowest BCUT2D eigenvalue weighted by Gasteiger charge is -2.16. The summed E-state index contributed by atoms with van der Waals surface area (Å²) in [5.74, 6) is 0.745. The van der Waals surface area contributed by atoms with E-state index in [1.807, 2.05) is 6.07 Å². The molecule has 1 aromatic rings. The summed E-state index contributed by atoms with van der Waals surface area (Å²) in [5, 5.41) is 7.89. The molecule has 0 fully saturated rings. The van der Waals surface area contributed by atoms with Gasteiger partial charge in [0.15, 0.2) is 0 Å². The summed E-state index contributed by atoms with van der Waals surface area (Å²) in [7, 11) is 0. The Bertz CT molecular complexity index is 477.